The van der Waals surface area contributed by atoms with Gasteiger partial charge in [-0.25, -0.2) is 4.98 Å². The van der Waals surface area contributed by atoms with Gasteiger partial charge < -0.3 is 5.32 Å². The first-order valence-corrected chi connectivity index (χ1v) is 7.70. The van der Waals surface area contributed by atoms with Crippen molar-refractivity contribution in [2.45, 2.75) is 46.1 Å². The number of rotatable bonds is 6. The molecule has 2 rings (SSSR count). The predicted molar refractivity (Wildman–Crippen MR) is 81.4 cm³/mol. The molecule has 0 aliphatic rings. The van der Waals surface area contributed by atoms with E-state index in [1.54, 1.807) is 11.3 Å². The fraction of sp³-hybridized carbons (Fsp3) is 0.533. The van der Waals surface area contributed by atoms with Gasteiger partial charge in [-0.05, 0) is 37.0 Å². The van der Waals surface area contributed by atoms with E-state index >= 15 is 0 Å². The Kier molecular flexibility index (Phi) is 4.59. The normalized spacial score (nSPS) is 14.6. The molecule has 0 aliphatic carbocycles. The number of fused-ring (bicyclic) bond motifs is 1. The minimum absolute atomic E-state index is 0.574. The molecular weight excluding hydrogens is 240 g/mol. The molecule has 0 radical (unpaired) electrons. The Bertz CT molecular complexity index is 492. The number of nitrogens with one attached hydrogen (secondary N) is 1. The van der Waals surface area contributed by atoms with Crippen molar-refractivity contribution in [3.05, 3.63) is 23.7 Å². The summed E-state index contributed by atoms with van der Waals surface area (Å²) in [4.78, 5) is 4.31. The molecule has 0 fully saturated rings. The van der Waals surface area contributed by atoms with Crippen molar-refractivity contribution in [3.63, 3.8) is 0 Å². The maximum absolute atomic E-state index is 4.31. The van der Waals surface area contributed by atoms with Crippen LogP contribution in [0.1, 0.15) is 40.0 Å². The second kappa shape index (κ2) is 6.19. The average Bonchev–Trinajstić information content (AvgIpc) is 2.85. The van der Waals surface area contributed by atoms with E-state index in [1.165, 1.54) is 29.6 Å². The Morgan fingerprint density at radius 1 is 1.28 bits per heavy atom. The number of benzene rings is 1. The number of hydrogen-bond acceptors (Lipinski definition) is 3. The molecule has 1 aromatic heterocycles. The molecule has 2 nitrogen and oxygen atoms in total. The third kappa shape index (κ3) is 3.22. The third-order valence-electron chi connectivity index (χ3n) is 3.58. The van der Waals surface area contributed by atoms with Crippen LogP contribution in [-0.4, -0.2) is 11.0 Å². The Hall–Kier alpha value is -1.09. The highest BCUT2D eigenvalue weighted by atomic mass is 32.1. The fourth-order valence-electron chi connectivity index (χ4n) is 2.16. The van der Waals surface area contributed by atoms with Gasteiger partial charge in [0.1, 0.15) is 0 Å². The molecule has 2 aromatic rings. The summed E-state index contributed by atoms with van der Waals surface area (Å²) in [6, 6.07) is 7.03. The van der Waals surface area contributed by atoms with E-state index in [-0.39, 0.29) is 0 Å². The molecule has 2 unspecified atom stereocenters. The number of thiazole rings is 1. The van der Waals surface area contributed by atoms with E-state index < -0.39 is 0 Å². The number of hydrogen-bond donors (Lipinski definition) is 1. The Labute approximate surface area is 113 Å². The molecule has 0 aliphatic heterocycles. The summed E-state index contributed by atoms with van der Waals surface area (Å²) < 4.78 is 1.26. The van der Waals surface area contributed by atoms with E-state index in [0.29, 0.717) is 6.04 Å². The van der Waals surface area contributed by atoms with Crippen LogP contribution in [0.25, 0.3) is 10.2 Å². The highest BCUT2D eigenvalue weighted by molar-refractivity contribution is 7.16. The molecule has 1 aromatic carbocycles. The van der Waals surface area contributed by atoms with Crippen molar-refractivity contribution in [2.75, 3.05) is 5.32 Å². The molecule has 0 saturated heterocycles. The van der Waals surface area contributed by atoms with Gasteiger partial charge in [0.25, 0.3) is 0 Å². The van der Waals surface area contributed by atoms with Crippen LogP contribution >= 0.6 is 11.3 Å². The van der Waals surface area contributed by atoms with Gasteiger partial charge in [0.15, 0.2) is 0 Å². The molecule has 1 heterocycles. The van der Waals surface area contributed by atoms with E-state index in [1.807, 2.05) is 5.51 Å². The lowest BCUT2D eigenvalue weighted by Crippen LogP contribution is -2.21. The zero-order valence-electron chi connectivity index (χ0n) is 11.4. The van der Waals surface area contributed by atoms with Gasteiger partial charge in [0.2, 0.25) is 0 Å². The summed E-state index contributed by atoms with van der Waals surface area (Å²) in [5.74, 6) is 0.787. The average molecular weight is 262 g/mol. The van der Waals surface area contributed by atoms with Crippen LogP contribution in [0, 0.1) is 5.92 Å². The SMILES string of the molecule is CCC(C)CC(CC)Nc1ccc2ncsc2c1. The monoisotopic (exact) mass is 262 g/mol. The van der Waals surface area contributed by atoms with Crippen LogP contribution in [0.4, 0.5) is 5.69 Å². The molecule has 0 spiro atoms. The first kappa shape index (κ1) is 13.3. The highest BCUT2D eigenvalue weighted by Crippen LogP contribution is 2.24. The number of nitrogens with zero attached hydrogens (tertiary/aromatic N) is 1. The summed E-state index contributed by atoms with van der Waals surface area (Å²) in [7, 11) is 0. The molecule has 3 heteroatoms. The molecule has 0 saturated carbocycles. The standard InChI is InChI=1S/C15H22N2S/c1-4-11(3)8-12(5-2)17-13-6-7-14-15(9-13)18-10-16-14/h6-7,9-12,17H,4-5,8H2,1-3H3. The van der Waals surface area contributed by atoms with Crippen LogP contribution in [-0.2, 0) is 0 Å². The lowest BCUT2D eigenvalue weighted by atomic mass is 9.97. The van der Waals surface area contributed by atoms with E-state index in [0.717, 1.165) is 11.4 Å². The summed E-state index contributed by atoms with van der Waals surface area (Å²) in [6.45, 7) is 6.85. The van der Waals surface area contributed by atoms with Gasteiger partial charge in [-0.1, -0.05) is 27.2 Å². The van der Waals surface area contributed by atoms with Crippen LogP contribution in [0.5, 0.6) is 0 Å². The molecule has 0 bridgehead atoms. The second-order valence-electron chi connectivity index (χ2n) is 5.03. The van der Waals surface area contributed by atoms with Gasteiger partial charge in [-0.3, -0.25) is 0 Å². The smallest absolute Gasteiger partial charge is 0.0813 e. The summed E-state index contributed by atoms with van der Waals surface area (Å²) in [5, 5.41) is 3.65. The van der Waals surface area contributed by atoms with E-state index in [4.69, 9.17) is 0 Å². The summed E-state index contributed by atoms with van der Waals surface area (Å²) >= 11 is 1.70. The maximum atomic E-state index is 4.31. The predicted octanol–water partition coefficient (Wildman–Crippen LogP) is 4.92. The Morgan fingerprint density at radius 3 is 2.83 bits per heavy atom. The first-order chi connectivity index (χ1) is 8.72. The topological polar surface area (TPSA) is 24.9 Å². The van der Waals surface area contributed by atoms with Crippen LogP contribution in [0.2, 0.25) is 0 Å². The third-order valence-corrected chi connectivity index (χ3v) is 4.37. The lowest BCUT2D eigenvalue weighted by Gasteiger charge is -2.21. The van der Waals surface area contributed by atoms with Crippen molar-refractivity contribution in [2.24, 2.45) is 5.92 Å². The number of aromatic nitrogens is 1. The van der Waals surface area contributed by atoms with Crippen molar-refractivity contribution in [1.29, 1.82) is 0 Å². The van der Waals surface area contributed by atoms with Crippen LogP contribution in [0.3, 0.4) is 0 Å². The lowest BCUT2D eigenvalue weighted by molar-refractivity contribution is 0.462. The van der Waals surface area contributed by atoms with Gasteiger partial charge >= 0.3 is 0 Å². The molecule has 1 N–H and O–H groups in total. The molecule has 2 atom stereocenters. The zero-order chi connectivity index (χ0) is 13.0. The minimum atomic E-state index is 0.574. The molecule has 18 heavy (non-hydrogen) atoms. The van der Waals surface area contributed by atoms with E-state index in [2.05, 4.69) is 49.3 Å². The highest BCUT2D eigenvalue weighted by Gasteiger charge is 2.10. The largest absolute Gasteiger partial charge is 0.382 e. The van der Waals surface area contributed by atoms with E-state index in [9.17, 15) is 0 Å². The summed E-state index contributed by atoms with van der Waals surface area (Å²) in [6.07, 6.45) is 3.67. The molecular formula is C15H22N2S. The van der Waals surface area contributed by atoms with Gasteiger partial charge in [0.05, 0.1) is 15.7 Å². The van der Waals surface area contributed by atoms with Crippen molar-refractivity contribution >= 4 is 27.2 Å². The molecule has 0 amide bonds. The Morgan fingerprint density at radius 2 is 2.11 bits per heavy atom. The van der Waals surface area contributed by atoms with Crippen molar-refractivity contribution < 1.29 is 0 Å². The molecule has 98 valence electrons. The maximum Gasteiger partial charge on any atom is 0.0813 e. The van der Waals surface area contributed by atoms with Gasteiger partial charge in [0, 0.05) is 11.7 Å². The zero-order valence-corrected chi connectivity index (χ0v) is 12.3. The first-order valence-electron chi connectivity index (χ1n) is 6.82. The summed E-state index contributed by atoms with van der Waals surface area (Å²) in [5.41, 5.74) is 4.23. The number of anilines is 1. The van der Waals surface area contributed by atoms with Crippen LogP contribution < -0.4 is 5.32 Å². The Balaban J connectivity index is 2.06. The van der Waals surface area contributed by atoms with Crippen molar-refractivity contribution in [3.8, 4) is 0 Å². The van der Waals surface area contributed by atoms with Gasteiger partial charge in [-0.15, -0.1) is 11.3 Å². The fourth-order valence-corrected chi connectivity index (χ4v) is 2.88. The minimum Gasteiger partial charge on any atom is -0.382 e. The second-order valence-corrected chi connectivity index (χ2v) is 5.92. The van der Waals surface area contributed by atoms with Gasteiger partial charge in [-0.2, -0.15) is 0 Å². The van der Waals surface area contributed by atoms with Crippen LogP contribution in [0.15, 0.2) is 23.7 Å². The quantitative estimate of drug-likeness (QED) is 0.799. The van der Waals surface area contributed by atoms with Crippen molar-refractivity contribution in [1.82, 2.24) is 4.98 Å².